The zero-order valence-corrected chi connectivity index (χ0v) is 17.9. The van der Waals surface area contributed by atoms with Gasteiger partial charge in [0, 0.05) is 27.2 Å². The summed E-state index contributed by atoms with van der Waals surface area (Å²) in [6, 6.07) is 7.67. The van der Waals surface area contributed by atoms with Crippen molar-refractivity contribution in [3.05, 3.63) is 52.8 Å². The number of thiophene rings is 1. The van der Waals surface area contributed by atoms with Gasteiger partial charge in [0.1, 0.15) is 0 Å². The minimum atomic E-state index is -4.49. The highest BCUT2D eigenvalue weighted by Gasteiger charge is 2.49. The Labute approximate surface area is 174 Å². The van der Waals surface area contributed by atoms with Gasteiger partial charge in [-0.2, -0.15) is 13.2 Å². The molecule has 0 aromatic carbocycles. The summed E-state index contributed by atoms with van der Waals surface area (Å²) in [4.78, 5) is 6.67. The number of alkyl halides is 3. The molecular weight excluding hydrogens is 395 g/mol. The van der Waals surface area contributed by atoms with E-state index in [1.165, 1.54) is 30.6 Å². The molecule has 3 nitrogen and oxygen atoms in total. The Morgan fingerprint density at radius 2 is 1.86 bits per heavy atom. The molecule has 0 bridgehead atoms. The third kappa shape index (κ3) is 5.92. The number of rotatable bonds is 9. The second-order valence-electron chi connectivity index (χ2n) is 7.64. The van der Waals surface area contributed by atoms with Gasteiger partial charge in [-0.15, -0.1) is 11.3 Å². The van der Waals surface area contributed by atoms with E-state index in [0.717, 1.165) is 36.8 Å². The second kappa shape index (κ2) is 9.57. The van der Waals surface area contributed by atoms with Crippen LogP contribution in [-0.2, 0) is 6.42 Å². The number of pyridine rings is 1. The fourth-order valence-corrected chi connectivity index (χ4v) is 3.71. The van der Waals surface area contributed by atoms with E-state index in [-0.39, 0.29) is 11.4 Å². The summed E-state index contributed by atoms with van der Waals surface area (Å²) in [5.74, 6) is 0. The molecule has 0 aliphatic heterocycles. The highest BCUT2D eigenvalue weighted by Crippen LogP contribution is 2.41. The van der Waals surface area contributed by atoms with Crippen molar-refractivity contribution in [1.82, 2.24) is 4.98 Å². The zero-order chi connectivity index (χ0) is 21.7. The Hall–Kier alpha value is -2.15. The fraction of sp³-hybridized carbons (Fsp3) is 0.455. The van der Waals surface area contributed by atoms with Crippen LogP contribution in [0.4, 0.5) is 13.2 Å². The Morgan fingerprint density at radius 3 is 2.45 bits per heavy atom. The first-order valence-corrected chi connectivity index (χ1v) is 10.6. The smallest absolute Gasteiger partial charge is 0.399 e. The molecule has 158 valence electrons. The highest BCUT2D eigenvalue weighted by molar-refractivity contribution is 7.15. The number of halogens is 3. The zero-order valence-electron chi connectivity index (χ0n) is 17.1. The molecule has 0 atom stereocenters. The van der Waals surface area contributed by atoms with Crippen molar-refractivity contribution in [2.75, 3.05) is 0 Å². The summed E-state index contributed by atoms with van der Waals surface area (Å²) in [6.45, 7) is 4.19. The molecule has 0 amide bonds. The fourth-order valence-electron chi connectivity index (χ4n) is 2.67. The van der Waals surface area contributed by atoms with Crippen LogP contribution in [0.3, 0.4) is 0 Å². The van der Waals surface area contributed by atoms with Gasteiger partial charge < -0.3 is 5.73 Å². The highest BCUT2D eigenvalue weighted by atomic mass is 32.1. The largest absolute Gasteiger partial charge is 0.401 e. The van der Waals surface area contributed by atoms with Crippen LogP contribution in [0.25, 0.3) is 10.4 Å². The van der Waals surface area contributed by atoms with Gasteiger partial charge in [-0.3, -0.25) is 10.4 Å². The topological polar surface area (TPSA) is 62.8 Å². The summed E-state index contributed by atoms with van der Waals surface area (Å²) in [5, 5.41) is 8.05. The van der Waals surface area contributed by atoms with Crippen LogP contribution >= 0.6 is 11.3 Å². The van der Waals surface area contributed by atoms with Crippen molar-refractivity contribution in [2.45, 2.75) is 59.1 Å². The van der Waals surface area contributed by atoms with E-state index in [1.807, 2.05) is 6.07 Å². The molecule has 29 heavy (non-hydrogen) atoms. The molecule has 3 N–H and O–H groups in total. The predicted molar refractivity (Wildman–Crippen MR) is 114 cm³/mol. The first-order chi connectivity index (χ1) is 13.6. The Bertz CT molecular complexity index is 849. The SMILES string of the molecule is CCCCCCc1ccc(-c2ccc(C(=N)C=C(N)C(C)(C)C(F)(F)F)nc2)s1. The lowest BCUT2D eigenvalue weighted by Crippen LogP contribution is -2.37. The van der Waals surface area contributed by atoms with E-state index in [1.54, 1.807) is 23.6 Å². The Balaban J connectivity index is 2.08. The van der Waals surface area contributed by atoms with Crippen LogP contribution < -0.4 is 5.73 Å². The van der Waals surface area contributed by atoms with Crippen molar-refractivity contribution in [3.63, 3.8) is 0 Å². The van der Waals surface area contributed by atoms with Crippen molar-refractivity contribution in [1.29, 1.82) is 5.41 Å². The molecule has 2 heterocycles. The van der Waals surface area contributed by atoms with Gasteiger partial charge >= 0.3 is 6.18 Å². The minimum Gasteiger partial charge on any atom is -0.401 e. The third-order valence-electron chi connectivity index (χ3n) is 4.99. The summed E-state index contributed by atoms with van der Waals surface area (Å²) in [5.41, 5.74) is 4.09. The Kier molecular flexibility index (Phi) is 7.63. The summed E-state index contributed by atoms with van der Waals surface area (Å²) < 4.78 is 39.3. The number of aryl methyl sites for hydroxylation is 1. The van der Waals surface area contributed by atoms with Crippen molar-refractivity contribution < 1.29 is 13.2 Å². The normalized spacial score (nSPS) is 13.0. The number of nitrogens with one attached hydrogen (secondary N) is 1. The number of aromatic nitrogens is 1. The molecule has 7 heteroatoms. The second-order valence-corrected chi connectivity index (χ2v) is 8.81. The minimum absolute atomic E-state index is 0.144. The molecule has 0 spiro atoms. The van der Waals surface area contributed by atoms with Gasteiger partial charge in [-0.05, 0) is 57.0 Å². The van der Waals surface area contributed by atoms with Crippen molar-refractivity contribution in [3.8, 4) is 10.4 Å². The van der Waals surface area contributed by atoms with Gasteiger partial charge in [-0.25, -0.2) is 0 Å². The van der Waals surface area contributed by atoms with Crippen LogP contribution in [0, 0.1) is 10.8 Å². The van der Waals surface area contributed by atoms with E-state index < -0.39 is 17.3 Å². The van der Waals surface area contributed by atoms with Gasteiger partial charge in [0.2, 0.25) is 0 Å². The maximum Gasteiger partial charge on any atom is 0.399 e. The maximum absolute atomic E-state index is 13.1. The molecule has 2 rings (SSSR count). The number of unbranched alkanes of at least 4 members (excludes halogenated alkanes) is 3. The van der Waals surface area contributed by atoms with E-state index >= 15 is 0 Å². The monoisotopic (exact) mass is 423 g/mol. The van der Waals surface area contributed by atoms with E-state index in [9.17, 15) is 13.2 Å². The molecule has 0 unspecified atom stereocenters. The standard InChI is InChI=1S/C22H28F3N3S/c1-4-5-6-7-8-16-10-12-19(29-16)15-9-11-18(28-14-15)17(26)13-20(27)21(2,3)22(23,24)25/h9-14,26H,4-8,27H2,1-3H3. The van der Waals surface area contributed by atoms with E-state index in [2.05, 4.69) is 24.0 Å². The molecule has 2 aromatic rings. The number of allylic oxidation sites excluding steroid dienone is 2. The molecule has 2 aromatic heterocycles. The number of nitrogens with two attached hydrogens (primary N) is 1. The van der Waals surface area contributed by atoms with Crippen LogP contribution in [0.1, 0.15) is 57.0 Å². The lowest BCUT2D eigenvalue weighted by atomic mass is 9.87. The molecule has 0 fully saturated rings. The van der Waals surface area contributed by atoms with Gasteiger partial charge in [0.15, 0.2) is 0 Å². The van der Waals surface area contributed by atoms with Gasteiger partial charge in [0.05, 0.1) is 16.8 Å². The number of nitrogens with zero attached hydrogens (tertiary/aromatic N) is 1. The van der Waals surface area contributed by atoms with Gasteiger partial charge in [0.25, 0.3) is 0 Å². The third-order valence-corrected chi connectivity index (χ3v) is 6.19. The first kappa shape index (κ1) is 23.1. The first-order valence-electron chi connectivity index (χ1n) is 9.74. The van der Waals surface area contributed by atoms with Crippen LogP contribution in [0.2, 0.25) is 0 Å². The summed E-state index contributed by atoms with van der Waals surface area (Å²) >= 11 is 1.72. The van der Waals surface area contributed by atoms with Crippen LogP contribution in [0.15, 0.2) is 42.2 Å². The van der Waals surface area contributed by atoms with Gasteiger partial charge in [-0.1, -0.05) is 26.2 Å². The average Bonchev–Trinajstić information content (AvgIpc) is 3.13. The van der Waals surface area contributed by atoms with E-state index in [0.29, 0.717) is 0 Å². The number of hydrogen-bond acceptors (Lipinski definition) is 4. The molecule has 0 saturated carbocycles. The van der Waals surface area contributed by atoms with Crippen LogP contribution in [0.5, 0.6) is 0 Å². The molecule has 0 radical (unpaired) electrons. The summed E-state index contributed by atoms with van der Waals surface area (Å²) in [7, 11) is 0. The average molecular weight is 424 g/mol. The van der Waals surface area contributed by atoms with Crippen molar-refractivity contribution >= 4 is 17.0 Å². The van der Waals surface area contributed by atoms with Crippen molar-refractivity contribution in [2.24, 2.45) is 11.1 Å². The Morgan fingerprint density at radius 1 is 1.14 bits per heavy atom. The summed E-state index contributed by atoms with van der Waals surface area (Å²) in [6.07, 6.45) is 4.17. The lowest BCUT2D eigenvalue weighted by molar-refractivity contribution is -0.197. The molecule has 0 aliphatic rings. The van der Waals surface area contributed by atoms with E-state index in [4.69, 9.17) is 11.1 Å². The predicted octanol–water partition coefficient (Wildman–Crippen LogP) is 6.73. The molecular formula is C22H28F3N3S. The quantitative estimate of drug-likeness (QED) is 0.347. The molecule has 0 aliphatic carbocycles. The lowest BCUT2D eigenvalue weighted by Gasteiger charge is -2.28. The maximum atomic E-state index is 13.1. The van der Waals surface area contributed by atoms with Crippen LogP contribution in [-0.4, -0.2) is 16.9 Å². The number of hydrogen-bond donors (Lipinski definition) is 2. The molecule has 0 saturated heterocycles.